The van der Waals surface area contributed by atoms with E-state index in [0.29, 0.717) is 18.1 Å². The molecule has 0 fully saturated rings. The van der Waals surface area contributed by atoms with Crippen molar-refractivity contribution in [2.75, 3.05) is 13.2 Å². The molecule has 0 radical (unpaired) electrons. The predicted octanol–water partition coefficient (Wildman–Crippen LogP) is 8.99. The van der Waals surface area contributed by atoms with Crippen molar-refractivity contribution in [1.29, 1.82) is 0 Å². The summed E-state index contributed by atoms with van der Waals surface area (Å²) < 4.78 is 10.8. The first-order chi connectivity index (χ1) is 17.6. The lowest BCUT2D eigenvalue weighted by atomic mass is 10.0. The van der Waals surface area contributed by atoms with Crippen molar-refractivity contribution in [2.24, 2.45) is 0 Å². The van der Waals surface area contributed by atoms with Gasteiger partial charge in [0.1, 0.15) is 0 Å². The minimum absolute atomic E-state index is 0.225. The monoisotopic (exact) mass is 514 g/mol. The lowest BCUT2D eigenvalue weighted by Gasteiger charge is -2.10. The standard InChI is InChI=1S/C31H43ClO4/c1-2-3-4-5-6-7-8-9-10-11-12-13-16-24-35-30(33)28-17-14-15-18-29(28)31(34)36-25-23-26-19-21-27(32)22-20-26/h14-15,17-22H,2-13,16,23-25H2,1H3. The summed E-state index contributed by atoms with van der Waals surface area (Å²) >= 11 is 5.90. The molecule has 0 aliphatic carbocycles. The van der Waals surface area contributed by atoms with Gasteiger partial charge in [-0.15, -0.1) is 0 Å². The highest BCUT2D eigenvalue weighted by atomic mass is 35.5. The minimum Gasteiger partial charge on any atom is -0.462 e. The Hall–Kier alpha value is -2.33. The van der Waals surface area contributed by atoms with Crippen LogP contribution in [0, 0.1) is 0 Å². The fraction of sp³-hybridized carbons (Fsp3) is 0.548. The number of esters is 2. The normalized spacial score (nSPS) is 10.8. The van der Waals surface area contributed by atoms with Crippen LogP contribution in [0.2, 0.25) is 5.02 Å². The molecule has 0 amide bonds. The number of rotatable bonds is 19. The maximum absolute atomic E-state index is 12.6. The molecule has 198 valence electrons. The Morgan fingerprint density at radius 3 is 1.56 bits per heavy atom. The van der Waals surface area contributed by atoms with Gasteiger partial charge >= 0.3 is 11.9 Å². The Morgan fingerprint density at radius 2 is 1.06 bits per heavy atom. The number of halogens is 1. The first-order valence-electron chi connectivity index (χ1n) is 13.8. The molecule has 0 atom stereocenters. The van der Waals surface area contributed by atoms with E-state index < -0.39 is 11.9 Å². The first-order valence-corrected chi connectivity index (χ1v) is 14.2. The van der Waals surface area contributed by atoms with Crippen LogP contribution in [0.25, 0.3) is 0 Å². The van der Waals surface area contributed by atoms with Crippen molar-refractivity contribution in [2.45, 2.75) is 96.8 Å². The summed E-state index contributed by atoms with van der Waals surface area (Å²) in [5.74, 6) is -0.989. The van der Waals surface area contributed by atoms with Crippen LogP contribution < -0.4 is 0 Å². The maximum atomic E-state index is 12.6. The summed E-state index contributed by atoms with van der Waals surface area (Å²) in [6, 6.07) is 14.1. The van der Waals surface area contributed by atoms with Crippen LogP contribution in [-0.4, -0.2) is 25.2 Å². The second-order valence-electron chi connectivity index (χ2n) is 9.44. The molecule has 0 bridgehead atoms. The SMILES string of the molecule is CCCCCCCCCCCCCCCOC(=O)c1ccccc1C(=O)OCCc1ccc(Cl)cc1. The number of unbranched alkanes of at least 4 members (excludes halogenated alkanes) is 12. The fourth-order valence-electron chi connectivity index (χ4n) is 4.19. The van der Waals surface area contributed by atoms with E-state index in [1.807, 2.05) is 12.1 Å². The molecule has 2 rings (SSSR count). The predicted molar refractivity (Wildman–Crippen MR) is 148 cm³/mol. The van der Waals surface area contributed by atoms with Crippen LogP contribution in [0.3, 0.4) is 0 Å². The molecular formula is C31H43ClO4. The van der Waals surface area contributed by atoms with Gasteiger partial charge in [0.05, 0.1) is 24.3 Å². The lowest BCUT2D eigenvalue weighted by Crippen LogP contribution is -2.15. The Balaban J connectivity index is 1.57. The molecule has 36 heavy (non-hydrogen) atoms. The average molecular weight is 515 g/mol. The number of carbonyl (C=O) groups is 2. The molecule has 0 unspecified atom stereocenters. The zero-order valence-electron chi connectivity index (χ0n) is 21.9. The summed E-state index contributed by atoms with van der Waals surface area (Å²) in [6.45, 7) is 2.86. The Morgan fingerprint density at radius 1 is 0.611 bits per heavy atom. The molecule has 0 saturated carbocycles. The van der Waals surface area contributed by atoms with Crippen LogP contribution in [0.4, 0.5) is 0 Å². The van der Waals surface area contributed by atoms with Crippen LogP contribution in [-0.2, 0) is 15.9 Å². The highest BCUT2D eigenvalue weighted by Gasteiger charge is 2.18. The van der Waals surface area contributed by atoms with Gasteiger partial charge in [0.15, 0.2) is 0 Å². The van der Waals surface area contributed by atoms with Gasteiger partial charge in [-0.1, -0.05) is 120 Å². The third kappa shape index (κ3) is 12.6. The summed E-state index contributed by atoms with van der Waals surface area (Å²) in [5.41, 5.74) is 1.52. The topological polar surface area (TPSA) is 52.6 Å². The van der Waals surface area contributed by atoms with Crippen molar-refractivity contribution in [3.63, 3.8) is 0 Å². The van der Waals surface area contributed by atoms with E-state index in [1.54, 1.807) is 36.4 Å². The second-order valence-corrected chi connectivity index (χ2v) is 9.87. The van der Waals surface area contributed by atoms with Crippen LogP contribution >= 0.6 is 11.6 Å². The minimum atomic E-state index is -0.516. The summed E-state index contributed by atoms with van der Waals surface area (Å²) in [5, 5.41) is 0.669. The number of ether oxygens (including phenoxy) is 2. The molecule has 2 aromatic carbocycles. The van der Waals surface area contributed by atoms with Gasteiger partial charge in [0, 0.05) is 11.4 Å². The zero-order valence-corrected chi connectivity index (χ0v) is 22.7. The third-order valence-electron chi connectivity index (χ3n) is 6.39. The van der Waals surface area contributed by atoms with E-state index in [1.165, 1.54) is 70.6 Å². The molecule has 0 spiro atoms. The van der Waals surface area contributed by atoms with Crippen molar-refractivity contribution >= 4 is 23.5 Å². The smallest absolute Gasteiger partial charge is 0.339 e. The van der Waals surface area contributed by atoms with E-state index in [-0.39, 0.29) is 17.7 Å². The first kappa shape index (κ1) is 29.9. The van der Waals surface area contributed by atoms with E-state index in [9.17, 15) is 9.59 Å². The lowest BCUT2D eigenvalue weighted by molar-refractivity contribution is 0.0455. The second kappa shape index (κ2) is 18.9. The Labute approximate surface area is 222 Å². The number of hydrogen-bond donors (Lipinski definition) is 0. The molecule has 5 heteroatoms. The quantitative estimate of drug-likeness (QED) is 0.138. The molecule has 2 aromatic rings. The maximum Gasteiger partial charge on any atom is 0.339 e. The van der Waals surface area contributed by atoms with Crippen LogP contribution in [0.5, 0.6) is 0 Å². The van der Waals surface area contributed by atoms with Crippen molar-refractivity contribution in [3.05, 3.63) is 70.2 Å². The number of carbonyl (C=O) groups excluding carboxylic acids is 2. The molecule has 0 aliphatic rings. The van der Waals surface area contributed by atoms with Gasteiger partial charge < -0.3 is 9.47 Å². The van der Waals surface area contributed by atoms with E-state index in [2.05, 4.69) is 6.92 Å². The molecule has 0 heterocycles. The van der Waals surface area contributed by atoms with E-state index in [0.717, 1.165) is 18.4 Å². The van der Waals surface area contributed by atoms with Crippen molar-refractivity contribution in [3.8, 4) is 0 Å². The van der Waals surface area contributed by atoms with Crippen LogP contribution in [0.15, 0.2) is 48.5 Å². The third-order valence-corrected chi connectivity index (χ3v) is 6.64. The molecule has 0 N–H and O–H groups in total. The van der Waals surface area contributed by atoms with Gasteiger partial charge in [0.25, 0.3) is 0 Å². The average Bonchev–Trinajstić information content (AvgIpc) is 2.89. The van der Waals surface area contributed by atoms with Gasteiger partial charge in [-0.2, -0.15) is 0 Å². The molecule has 0 saturated heterocycles. The number of benzene rings is 2. The fourth-order valence-corrected chi connectivity index (χ4v) is 4.32. The largest absolute Gasteiger partial charge is 0.462 e. The Bertz CT molecular complexity index is 878. The molecule has 0 aromatic heterocycles. The van der Waals surface area contributed by atoms with Gasteiger partial charge in [-0.05, 0) is 36.2 Å². The van der Waals surface area contributed by atoms with Gasteiger partial charge in [0.2, 0.25) is 0 Å². The van der Waals surface area contributed by atoms with Crippen LogP contribution in [0.1, 0.15) is 117 Å². The zero-order chi connectivity index (χ0) is 25.8. The van der Waals surface area contributed by atoms with Crippen molar-refractivity contribution in [1.82, 2.24) is 0 Å². The van der Waals surface area contributed by atoms with E-state index >= 15 is 0 Å². The molecule has 0 aliphatic heterocycles. The number of hydrogen-bond acceptors (Lipinski definition) is 4. The van der Waals surface area contributed by atoms with Gasteiger partial charge in [-0.3, -0.25) is 0 Å². The summed E-state index contributed by atoms with van der Waals surface area (Å²) in [7, 11) is 0. The molecule has 4 nitrogen and oxygen atoms in total. The Kier molecular flexibility index (Phi) is 15.7. The van der Waals surface area contributed by atoms with E-state index in [4.69, 9.17) is 21.1 Å². The molecular weight excluding hydrogens is 472 g/mol. The summed E-state index contributed by atoms with van der Waals surface area (Å²) in [4.78, 5) is 25.1. The summed E-state index contributed by atoms with van der Waals surface area (Å²) in [6.07, 6.45) is 17.1. The van der Waals surface area contributed by atoms with Gasteiger partial charge in [-0.25, -0.2) is 9.59 Å². The highest BCUT2D eigenvalue weighted by Crippen LogP contribution is 2.15. The van der Waals surface area contributed by atoms with Crippen molar-refractivity contribution < 1.29 is 19.1 Å². The highest BCUT2D eigenvalue weighted by molar-refractivity contribution is 6.30.